The van der Waals surface area contributed by atoms with Crippen molar-refractivity contribution < 1.29 is 23.5 Å². The topological polar surface area (TPSA) is 91.0 Å². The minimum Gasteiger partial charge on any atom is -0.378 e. The molecule has 2 N–H and O–H groups in total. The summed E-state index contributed by atoms with van der Waals surface area (Å²) in [5.74, 6) is 1.18. The third-order valence-electron chi connectivity index (χ3n) is 10.1. The van der Waals surface area contributed by atoms with Gasteiger partial charge in [-0.05, 0) is 69.1 Å². The summed E-state index contributed by atoms with van der Waals surface area (Å²) in [5, 5.41) is 5.94. The summed E-state index contributed by atoms with van der Waals surface area (Å²) >= 11 is 0. The molecule has 0 aromatic carbocycles. The predicted molar refractivity (Wildman–Crippen MR) is 140 cm³/mol. The quantitative estimate of drug-likeness (QED) is 0.568. The number of nitrogens with zero attached hydrogens (tertiary/aromatic N) is 2. The minimum atomic E-state index is -1.11. The van der Waals surface area contributed by atoms with Gasteiger partial charge in [0.05, 0.1) is 25.2 Å². The molecule has 8 nitrogen and oxygen atoms in total. The molecule has 8 atom stereocenters. The average Bonchev–Trinajstić information content (AvgIpc) is 3.67. The second-order valence-electron chi connectivity index (χ2n) is 12.8. The lowest BCUT2D eigenvalue weighted by Gasteiger charge is -2.47. The molecule has 3 heterocycles. The Morgan fingerprint density at radius 3 is 2.63 bits per heavy atom. The van der Waals surface area contributed by atoms with Gasteiger partial charge < -0.3 is 20.3 Å². The lowest BCUT2D eigenvalue weighted by Crippen LogP contribution is -2.56. The smallest absolute Gasteiger partial charge is 0.248 e. The number of rotatable bonds is 5. The fourth-order valence-electron chi connectivity index (χ4n) is 8.17. The third kappa shape index (κ3) is 5.25. The monoisotopic (exact) mass is 530 g/mol. The molecule has 0 spiro atoms. The molecule has 38 heavy (non-hydrogen) atoms. The Morgan fingerprint density at radius 2 is 1.87 bits per heavy atom. The van der Waals surface area contributed by atoms with E-state index < -0.39 is 12.2 Å². The molecule has 210 valence electrons. The van der Waals surface area contributed by atoms with E-state index in [0.29, 0.717) is 56.1 Å². The number of amides is 3. The van der Waals surface area contributed by atoms with Crippen LogP contribution >= 0.6 is 0 Å². The Morgan fingerprint density at radius 1 is 1.08 bits per heavy atom. The van der Waals surface area contributed by atoms with E-state index in [2.05, 4.69) is 22.5 Å². The third-order valence-corrected chi connectivity index (χ3v) is 10.1. The molecule has 7 unspecified atom stereocenters. The number of carbonyl (C=O) groups is 3. The van der Waals surface area contributed by atoms with Crippen LogP contribution in [0.3, 0.4) is 0 Å². The standard InChI is InChI=1S/C29H43FN4O4/c1-17-13-21(18-5-6-18)27(23(14-17)29(37)33-9-11-38-12-10-33)34-8-7-19(16-34)31-28(36)22-15-25(35)32-26-20(22)3-2-4-24(26)30/h15,17-21,23-24,26-27H,2-14,16H2,1H3,(H,31,36)(H,32,35)/t17?,19-,20?,21?,23?,24?,26?,27?/m1/s1. The Balaban J connectivity index is 1.15. The van der Waals surface area contributed by atoms with Crippen LogP contribution in [-0.4, -0.2) is 91.2 Å². The van der Waals surface area contributed by atoms with E-state index in [0.717, 1.165) is 38.8 Å². The summed E-state index contributed by atoms with van der Waals surface area (Å²) in [6.07, 6.45) is 7.58. The largest absolute Gasteiger partial charge is 0.378 e. The van der Waals surface area contributed by atoms with E-state index in [4.69, 9.17) is 4.74 Å². The summed E-state index contributed by atoms with van der Waals surface area (Å²) in [6, 6.07) is -0.418. The van der Waals surface area contributed by atoms with E-state index in [-0.39, 0.29) is 41.6 Å². The number of fused-ring (bicyclic) bond motifs is 1. The van der Waals surface area contributed by atoms with Crippen molar-refractivity contribution in [1.29, 1.82) is 0 Å². The number of carbonyl (C=O) groups excluding carboxylic acids is 3. The number of nitrogens with one attached hydrogen (secondary N) is 2. The van der Waals surface area contributed by atoms with Crippen molar-refractivity contribution in [2.24, 2.45) is 29.6 Å². The highest BCUT2D eigenvalue weighted by Crippen LogP contribution is 2.49. The molecule has 5 fully saturated rings. The molecular weight excluding hydrogens is 487 g/mol. The number of hydrogen-bond donors (Lipinski definition) is 2. The van der Waals surface area contributed by atoms with Crippen molar-refractivity contribution in [2.45, 2.75) is 82.6 Å². The summed E-state index contributed by atoms with van der Waals surface area (Å²) in [6.45, 7) is 6.45. The molecule has 0 radical (unpaired) electrons. The maximum Gasteiger partial charge on any atom is 0.248 e. The Hall–Kier alpha value is -2.00. The minimum absolute atomic E-state index is 0.00821. The lowest BCUT2D eigenvalue weighted by atomic mass is 9.69. The summed E-state index contributed by atoms with van der Waals surface area (Å²) in [7, 11) is 0. The number of ether oxygens (including phenoxy) is 1. The summed E-state index contributed by atoms with van der Waals surface area (Å²) in [4.78, 5) is 43.9. The van der Waals surface area contributed by atoms with Crippen LogP contribution in [0.25, 0.3) is 0 Å². The first-order valence-corrected chi connectivity index (χ1v) is 15.0. The van der Waals surface area contributed by atoms with E-state index in [1.165, 1.54) is 25.3 Å². The van der Waals surface area contributed by atoms with Gasteiger partial charge in [-0.25, -0.2) is 4.39 Å². The van der Waals surface area contributed by atoms with Crippen LogP contribution in [-0.2, 0) is 19.1 Å². The first kappa shape index (κ1) is 26.2. The van der Waals surface area contributed by atoms with Crippen LogP contribution in [0.15, 0.2) is 11.6 Å². The zero-order chi connectivity index (χ0) is 26.4. The molecular formula is C29H43FN4O4. The molecule has 2 saturated heterocycles. The van der Waals surface area contributed by atoms with Crippen molar-refractivity contribution >= 4 is 17.7 Å². The number of morpholine rings is 1. The van der Waals surface area contributed by atoms with E-state index >= 15 is 0 Å². The van der Waals surface area contributed by atoms with Crippen LogP contribution in [0.5, 0.6) is 0 Å². The first-order valence-electron chi connectivity index (χ1n) is 15.0. The van der Waals surface area contributed by atoms with Gasteiger partial charge in [-0.3, -0.25) is 19.3 Å². The number of alkyl halides is 1. The molecule has 3 amide bonds. The normalized spacial score (nSPS) is 40.2. The van der Waals surface area contributed by atoms with Crippen LogP contribution in [0, 0.1) is 29.6 Å². The van der Waals surface area contributed by atoms with Crippen LogP contribution in [0.4, 0.5) is 4.39 Å². The zero-order valence-electron chi connectivity index (χ0n) is 22.6. The van der Waals surface area contributed by atoms with Crippen LogP contribution in [0.2, 0.25) is 0 Å². The average molecular weight is 531 g/mol. The molecule has 3 aliphatic heterocycles. The molecule has 3 saturated carbocycles. The Kier molecular flexibility index (Phi) is 7.51. The van der Waals surface area contributed by atoms with Gasteiger partial charge in [0.1, 0.15) is 6.17 Å². The van der Waals surface area contributed by atoms with Crippen molar-refractivity contribution in [3.63, 3.8) is 0 Å². The van der Waals surface area contributed by atoms with Gasteiger partial charge in [0.2, 0.25) is 17.7 Å². The molecule has 3 aliphatic carbocycles. The van der Waals surface area contributed by atoms with Gasteiger partial charge in [0.15, 0.2) is 0 Å². The highest BCUT2D eigenvalue weighted by Gasteiger charge is 2.50. The van der Waals surface area contributed by atoms with Crippen molar-refractivity contribution in [3.8, 4) is 0 Å². The summed E-state index contributed by atoms with van der Waals surface area (Å²) < 4.78 is 20.1. The van der Waals surface area contributed by atoms with Crippen molar-refractivity contribution in [2.75, 3.05) is 39.4 Å². The van der Waals surface area contributed by atoms with Gasteiger partial charge >= 0.3 is 0 Å². The molecule has 6 rings (SSSR count). The van der Waals surface area contributed by atoms with Gasteiger partial charge in [0.25, 0.3) is 0 Å². The van der Waals surface area contributed by atoms with E-state index in [1.807, 2.05) is 4.90 Å². The molecule has 0 bridgehead atoms. The second kappa shape index (κ2) is 10.9. The van der Waals surface area contributed by atoms with E-state index in [1.54, 1.807) is 0 Å². The van der Waals surface area contributed by atoms with E-state index in [9.17, 15) is 18.8 Å². The molecule has 6 aliphatic rings. The van der Waals surface area contributed by atoms with Gasteiger partial charge in [0, 0.05) is 55.8 Å². The fourth-order valence-corrected chi connectivity index (χ4v) is 8.17. The van der Waals surface area contributed by atoms with Gasteiger partial charge in [-0.1, -0.05) is 6.92 Å². The Bertz CT molecular complexity index is 964. The molecule has 9 heteroatoms. The summed E-state index contributed by atoms with van der Waals surface area (Å²) in [5.41, 5.74) is 0.433. The predicted octanol–water partition coefficient (Wildman–Crippen LogP) is 2.04. The molecule has 0 aromatic rings. The first-order chi connectivity index (χ1) is 18.4. The van der Waals surface area contributed by atoms with Gasteiger partial charge in [-0.2, -0.15) is 0 Å². The zero-order valence-corrected chi connectivity index (χ0v) is 22.6. The highest BCUT2D eigenvalue weighted by molar-refractivity contribution is 6.03. The number of halogens is 1. The van der Waals surface area contributed by atoms with Crippen LogP contribution in [0.1, 0.15) is 58.3 Å². The second-order valence-corrected chi connectivity index (χ2v) is 12.8. The number of likely N-dealkylation sites (tertiary alicyclic amines) is 1. The van der Waals surface area contributed by atoms with Crippen molar-refractivity contribution in [1.82, 2.24) is 20.4 Å². The molecule has 0 aromatic heterocycles. The SMILES string of the molecule is CC1CC(C(=O)N2CCOCC2)C(N2CC[C@@H](NC(=O)C3=CC(=O)NC4C(F)CCCC34)C2)C(C2CC2)C1. The number of hydrogen-bond acceptors (Lipinski definition) is 5. The lowest BCUT2D eigenvalue weighted by molar-refractivity contribution is -0.146. The van der Waals surface area contributed by atoms with Gasteiger partial charge in [-0.15, -0.1) is 0 Å². The maximum atomic E-state index is 14.5. The fraction of sp³-hybridized carbons (Fsp3) is 0.828. The van der Waals surface area contributed by atoms with Crippen LogP contribution < -0.4 is 10.6 Å². The van der Waals surface area contributed by atoms with Crippen molar-refractivity contribution in [3.05, 3.63) is 11.6 Å². The maximum absolute atomic E-state index is 14.5. The highest BCUT2D eigenvalue weighted by atomic mass is 19.1. The Labute approximate surface area is 225 Å².